The zero-order valence-corrected chi connectivity index (χ0v) is 10.1. The maximum atomic E-state index is 11.4. The minimum atomic E-state index is 0.0339. The van der Waals surface area contributed by atoms with E-state index in [0.717, 1.165) is 32.6 Å². The van der Waals surface area contributed by atoms with Crippen molar-refractivity contribution in [1.82, 2.24) is 10.6 Å². The minimum absolute atomic E-state index is 0.0339. The summed E-state index contributed by atoms with van der Waals surface area (Å²) in [5.74, 6) is 0.145. The average molecular weight is 216 g/mol. The Hall–Kier alpha value is -0.610. The predicted octanol–water partition coefficient (Wildman–Crippen LogP) is 0.775. The zero-order chi connectivity index (χ0) is 11.5. The molecule has 0 radical (unpaired) electrons. The Morgan fingerprint density at radius 3 is 2.73 bits per heavy atom. The van der Waals surface area contributed by atoms with Crippen LogP contribution in [0, 0.1) is 5.92 Å². The highest BCUT2D eigenvalue weighted by Crippen LogP contribution is 1.92. The quantitative estimate of drug-likeness (QED) is 0.560. The van der Waals surface area contributed by atoms with Gasteiger partial charge < -0.3 is 15.4 Å². The molecular weight excluding hydrogens is 192 g/mol. The van der Waals surface area contributed by atoms with Crippen LogP contribution in [0.15, 0.2) is 0 Å². The predicted molar refractivity (Wildman–Crippen MR) is 61.8 cm³/mol. The molecule has 0 fully saturated rings. The molecule has 0 rings (SSSR count). The molecule has 0 aliphatic carbocycles. The van der Waals surface area contributed by atoms with Crippen molar-refractivity contribution in [2.75, 3.05) is 33.4 Å². The molecule has 0 aliphatic rings. The Balaban J connectivity index is 3.30. The molecule has 90 valence electrons. The van der Waals surface area contributed by atoms with Crippen LogP contribution in [0.3, 0.4) is 0 Å². The molecular formula is C11H24N2O2. The Morgan fingerprint density at radius 2 is 2.13 bits per heavy atom. The van der Waals surface area contributed by atoms with Gasteiger partial charge in [0, 0.05) is 32.2 Å². The third-order valence-electron chi connectivity index (χ3n) is 2.07. The molecule has 0 aliphatic heterocycles. The summed E-state index contributed by atoms with van der Waals surface area (Å²) in [7, 11) is 1.85. The van der Waals surface area contributed by atoms with E-state index in [2.05, 4.69) is 17.6 Å². The summed E-state index contributed by atoms with van der Waals surface area (Å²) in [6.07, 6.45) is 1.93. The summed E-state index contributed by atoms with van der Waals surface area (Å²) < 4.78 is 5.31. The number of nitrogens with one attached hydrogen (secondary N) is 2. The largest absolute Gasteiger partial charge is 0.381 e. The van der Waals surface area contributed by atoms with Crippen LogP contribution in [0.25, 0.3) is 0 Å². The van der Waals surface area contributed by atoms with E-state index in [4.69, 9.17) is 4.74 Å². The molecule has 0 saturated carbocycles. The third kappa shape index (κ3) is 8.39. The van der Waals surface area contributed by atoms with Crippen molar-refractivity contribution in [3.05, 3.63) is 0 Å². The molecule has 4 heteroatoms. The van der Waals surface area contributed by atoms with Crippen molar-refractivity contribution in [1.29, 1.82) is 0 Å². The lowest BCUT2D eigenvalue weighted by Crippen LogP contribution is -2.35. The van der Waals surface area contributed by atoms with Crippen molar-refractivity contribution in [3.8, 4) is 0 Å². The van der Waals surface area contributed by atoms with Gasteiger partial charge in [0.25, 0.3) is 0 Å². The molecule has 0 saturated heterocycles. The Labute approximate surface area is 92.8 Å². The third-order valence-corrected chi connectivity index (χ3v) is 2.07. The Morgan fingerprint density at radius 1 is 1.40 bits per heavy atom. The minimum Gasteiger partial charge on any atom is -0.381 e. The molecule has 4 nitrogen and oxygen atoms in total. The van der Waals surface area contributed by atoms with E-state index >= 15 is 0 Å². The molecule has 0 aromatic carbocycles. The standard InChI is InChI=1S/C11H24N2O2/c1-4-7-15-8-5-6-13-11(14)10(2)9-12-3/h10,12H,4-9H2,1-3H3,(H,13,14). The lowest BCUT2D eigenvalue weighted by molar-refractivity contribution is -0.124. The molecule has 0 aromatic heterocycles. The van der Waals surface area contributed by atoms with Crippen LogP contribution in [0.4, 0.5) is 0 Å². The van der Waals surface area contributed by atoms with Gasteiger partial charge in [0.2, 0.25) is 5.91 Å². The van der Waals surface area contributed by atoms with Gasteiger partial charge in [0.05, 0.1) is 0 Å². The molecule has 0 aromatic rings. The van der Waals surface area contributed by atoms with E-state index in [-0.39, 0.29) is 11.8 Å². The second kappa shape index (κ2) is 9.93. The summed E-state index contributed by atoms with van der Waals surface area (Å²) in [5.41, 5.74) is 0. The Kier molecular flexibility index (Phi) is 9.52. The Bertz CT molecular complexity index is 163. The summed E-state index contributed by atoms with van der Waals surface area (Å²) in [4.78, 5) is 11.4. The van der Waals surface area contributed by atoms with Gasteiger partial charge in [-0.3, -0.25) is 4.79 Å². The number of amides is 1. The van der Waals surface area contributed by atoms with Gasteiger partial charge in [0.1, 0.15) is 0 Å². The van der Waals surface area contributed by atoms with Crippen LogP contribution >= 0.6 is 0 Å². The number of carbonyl (C=O) groups is 1. The van der Waals surface area contributed by atoms with Crippen molar-refractivity contribution < 1.29 is 9.53 Å². The van der Waals surface area contributed by atoms with Crippen molar-refractivity contribution >= 4 is 5.91 Å². The van der Waals surface area contributed by atoms with Crippen molar-refractivity contribution in [3.63, 3.8) is 0 Å². The van der Waals surface area contributed by atoms with E-state index < -0.39 is 0 Å². The van der Waals surface area contributed by atoms with Crippen LogP contribution < -0.4 is 10.6 Å². The average Bonchev–Trinajstić information content (AvgIpc) is 2.23. The van der Waals surface area contributed by atoms with Crippen LogP contribution in [-0.2, 0) is 9.53 Å². The molecule has 1 atom stereocenters. The number of carbonyl (C=O) groups excluding carboxylic acids is 1. The van der Waals surface area contributed by atoms with Crippen molar-refractivity contribution in [2.24, 2.45) is 5.92 Å². The van der Waals surface area contributed by atoms with Crippen LogP contribution in [-0.4, -0.2) is 39.3 Å². The molecule has 1 amide bonds. The van der Waals surface area contributed by atoms with Crippen LogP contribution in [0.5, 0.6) is 0 Å². The fourth-order valence-corrected chi connectivity index (χ4v) is 1.21. The lowest BCUT2D eigenvalue weighted by Gasteiger charge is -2.11. The molecule has 0 heterocycles. The summed E-state index contributed by atoms with van der Waals surface area (Å²) in [6.45, 7) is 6.97. The number of hydrogen-bond acceptors (Lipinski definition) is 3. The van der Waals surface area contributed by atoms with Gasteiger partial charge in [-0.25, -0.2) is 0 Å². The monoisotopic (exact) mass is 216 g/mol. The summed E-state index contributed by atoms with van der Waals surface area (Å²) >= 11 is 0. The van der Waals surface area contributed by atoms with Crippen LogP contribution in [0.2, 0.25) is 0 Å². The molecule has 0 bridgehead atoms. The first kappa shape index (κ1) is 14.4. The second-order valence-electron chi connectivity index (χ2n) is 3.72. The van der Waals surface area contributed by atoms with Gasteiger partial charge >= 0.3 is 0 Å². The molecule has 1 unspecified atom stereocenters. The van der Waals surface area contributed by atoms with Crippen LogP contribution in [0.1, 0.15) is 26.7 Å². The van der Waals surface area contributed by atoms with E-state index in [1.807, 2.05) is 14.0 Å². The van der Waals surface area contributed by atoms with Gasteiger partial charge in [0.15, 0.2) is 0 Å². The molecule has 2 N–H and O–H groups in total. The topological polar surface area (TPSA) is 50.4 Å². The fourth-order valence-electron chi connectivity index (χ4n) is 1.21. The fraction of sp³-hybridized carbons (Fsp3) is 0.909. The van der Waals surface area contributed by atoms with E-state index in [0.29, 0.717) is 6.54 Å². The first-order chi connectivity index (χ1) is 7.22. The SMILES string of the molecule is CCCOCCCNC(=O)C(C)CNC. The first-order valence-corrected chi connectivity index (χ1v) is 5.72. The maximum absolute atomic E-state index is 11.4. The highest BCUT2D eigenvalue weighted by molar-refractivity contribution is 5.78. The van der Waals surface area contributed by atoms with Gasteiger partial charge in [-0.1, -0.05) is 13.8 Å². The van der Waals surface area contributed by atoms with E-state index in [1.165, 1.54) is 0 Å². The molecule has 0 spiro atoms. The summed E-state index contributed by atoms with van der Waals surface area (Å²) in [6, 6.07) is 0. The van der Waals surface area contributed by atoms with E-state index in [9.17, 15) is 4.79 Å². The number of rotatable bonds is 9. The number of hydrogen-bond donors (Lipinski definition) is 2. The van der Waals surface area contributed by atoms with E-state index in [1.54, 1.807) is 0 Å². The number of ether oxygens (including phenoxy) is 1. The maximum Gasteiger partial charge on any atom is 0.224 e. The lowest BCUT2D eigenvalue weighted by atomic mass is 10.1. The normalized spacial score (nSPS) is 12.5. The second-order valence-corrected chi connectivity index (χ2v) is 3.72. The highest BCUT2D eigenvalue weighted by Gasteiger charge is 2.09. The molecule has 15 heavy (non-hydrogen) atoms. The summed E-state index contributed by atoms with van der Waals surface area (Å²) in [5, 5.41) is 5.87. The van der Waals surface area contributed by atoms with Gasteiger partial charge in [-0.15, -0.1) is 0 Å². The van der Waals surface area contributed by atoms with Gasteiger partial charge in [-0.2, -0.15) is 0 Å². The zero-order valence-electron chi connectivity index (χ0n) is 10.1. The smallest absolute Gasteiger partial charge is 0.224 e. The van der Waals surface area contributed by atoms with Crippen molar-refractivity contribution in [2.45, 2.75) is 26.7 Å². The first-order valence-electron chi connectivity index (χ1n) is 5.72. The highest BCUT2D eigenvalue weighted by atomic mass is 16.5. The van der Waals surface area contributed by atoms with Gasteiger partial charge in [-0.05, 0) is 19.9 Å².